The maximum absolute atomic E-state index is 2.45. The lowest BCUT2D eigenvalue weighted by molar-refractivity contribution is -0.00555. The van der Waals surface area contributed by atoms with Gasteiger partial charge in [0.1, 0.15) is 0 Å². The highest BCUT2D eigenvalue weighted by Gasteiger charge is 2.51. The number of hydrogen-bond acceptors (Lipinski definition) is 0. The second-order valence-electron chi connectivity index (χ2n) is 7.21. The Morgan fingerprint density at radius 2 is 1.50 bits per heavy atom. The quantitative estimate of drug-likeness (QED) is 0.702. The first-order valence-corrected chi connectivity index (χ1v) is 7.87. The van der Waals surface area contributed by atoms with Crippen molar-refractivity contribution in [2.75, 3.05) is 0 Å². The second-order valence-corrected chi connectivity index (χ2v) is 7.21. The van der Waals surface area contributed by atoms with Crippen molar-refractivity contribution in [2.45, 2.75) is 57.3 Å². The van der Waals surface area contributed by atoms with Crippen LogP contribution < -0.4 is 0 Å². The lowest BCUT2D eigenvalue weighted by atomic mass is 9.47. The minimum absolute atomic E-state index is 0.585. The molecule has 0 N–H and O–H groups in total. The van der Waals surface area contributed by atoms with E-state index in [0.29, 0.717) is 5.41 Å². The molecule has 0 nitrogen and oxygen atoms in total. The van der Waals surface area contributed by atoms with E-state index < -0.39 is 0 Å². The molecule has 1 aromatic rings. The molecule has 0 amide bonds. The van der Waals surface area contributed by atoms with Crippen molar-refractivity contribution in [1.29, 1.82) is 0 Å². The topological polar surface area (TPSA) is 0 Å². The summed E-state index contributed by atoms with van der Waals surface area (Å²) in [5, 5.41) is 0. The van der Waals surface area contributed by atoms with Gasteiger partial charge >= 0.3 is 0 Å². The van der Waals surface area contributed by atoms with E-state index in [2.05, 4.69) is 31.2 Å². The Hall–Kier alpha value is -0.780. The standard InChI is InChI=1S/C18H24/c1-2-16-5-3-4-6-17(16)18-10-13-7-14(11-18)9-15(8-13)12-18/h3-6,13-15H,2,7-12H2,1H3. The predicted octanol–water partition coefficient (Wildman–Crippen LogP) is 4.72. The third kappa shape index (κ3) is 1.51. The molecule has 0 aromatic heterocycles. The fourth-order valence-electron chi connectivity index (χ4n) is 5.79. The summed E-state index contributed by atoms with van der Waals surface area (Å²) in [5.74, 6) is 3.17. The molecule has 4 fully saturated rings. The molecule has 0 heteroatoms. The largest absolute Gasteiger partial charge is 0.0620 e. The van der Waals surface area contributed by atoms with E-state index in [9.17, 15) is 0 Å². The van der Waals surface area contributed by atoms with Gasteiger partial charge < -0.3 is 0 Å². The highest BCUT2D eigenvalue weighted by Crippen LogP contribution is 2.61. The SMILES string of the molecule is CCc1ccccc1C12CC3CC(CC(C3)C1)C2. The van der Waals surface area contributed by atoms with Gasteiger partial charge in [0, 0.05) is 0 Å². The van der Waals surface area contributed by atoms with Gasteiger partial charge in [-0.15, -0.1) is 0 Å². The van der Waals surface area contributed by atoms with Crippen LogP contribution in [0.3, 0.4) is 0 Å². The molecule has 0 spiro atoms. The highest BCUT2D eigenvalue weighted by atomic mass is 14.6. The van der Waals surface area contributed by atoms with E-state index in [0.717, 1.165) is 17.8 Å². The average Bonchev–Trinajstić information content (AvgIpc) is 2.37. The van der Waals surface area contributed by atoms with E-state index in [4.69, 9.17) is 0 Å². The van der Waals surface area contributed by atoms with Crippen LogP contribution in [0.5, 0.6) is 0 Å². The first kappa shape index (κ1) is 11.1. The summed E-state index contributed by atoms with van der Waals surface area (Å²) in [6.45, 7) is 2.32. The van der Waals surface area contributed by atoms with Crippen molar-refractivity contribution in [3.63, 3.8) is 0 Å². The van der Waals surface area contributed by atoms with E-state index in [1.165, 1.54) is 25.7 Å². The lowest BCUT2D eigenvalue weighted by Crippen LogP contribution is -2.48. The first-order valence-electron chi connectivity index (χ1n) is 7.87. The van der Waals surface area contributed by atoms with Gasteiger partial charge in [0.05, 0.1) is 0 Å². The number of benzene rings is 1. The Bertz CT molecular complexity index is 422. The minimum atomic E-state index is 0.585. The van der Waals surface area contributed by atoms with Gasteiger partial charge in [-0.05, 0) is 79.2 Å². The summed E-state index contributed by atoms with van der Waals surface area (Å²) in [4.78, 5) is 0. The van der Waals surface area contributed by atoms with Gasteiger partial charge in [0.2, 0.25) is 0 Å². The normalized spacial score (nSPS) is 41.3. The number of rotatable bonds is 2. The molecule has 0 atom stereocenters. The summed E-state index contributed by atoms with van der Waals surface area (Å²) in [5.41, 5.74) is 3.94. The average molecular weight is 240 g/mol. The van der Waals surface area contributed by atoms with Crippen LogP contribution in [0.4, 0.5) is 0 Å². The molecule has 4 aliphatic carbocycles. The van der Waals surface area contributed by atoms with E-state index in [1.54, 1.807) is 30.4 Å². The fourth-order valence-corrected chi connectivity index (χ4v) is 5.79. The molecule has 4 saturated carbocycles. The smallest absolute Gasteiger partial charge is 0.00363 e. The molecule has 1 aromatic carbocycles. The summed E-state index contributed by atoms with van der Waals surface area (Å²) in [7, 11) is 0. The van der Waals surface area contributed by atoms with Crippen LogP contribution in [-0.4, -0.2) is 0 Å². The molecule has 0 aliphatic heterocycles. The summed E-state index contributed by atoms with van der Waals surface area (Å²) >= 11 is 0. The Labute approximate surface area is 111 Å². The van der Waals surface area contributed by atoms with Crippen molar-refractivity contribution in [3.8, 4) is 0 Å². The molecule has 0 radical (unpaired) electrons. The molecule has 5 rings (SSSR count). The van der Waals surface area contributed by atoms with Crippen LogP contribution in [0.25, 0.3) is 0 Å². The van der Waals surface area contributed by atoms with Crippen LogP contribution in [0.1, 0.15) is 56.6 Å². The molecule has 18 heavy (non-hydrogen) atoms. The fraction of sp³-hybridized carbons (Fsp3) is 0.667. The van der Waals surface area contributed by atoms with Gasteiger partial charge in [-0.25, -0.2) is 0 Å². The van der Waals surface area contributed by atoms with Crippen LogP contribution in [0, 0.1) is 17.8 Å². The zero-order valence-corrected chi connectivity index (χ0v) is 11.5. The number of aryl methyl sites for hydroxylation is 1. The molecule has 96 valence electrons. The van der Waals surface area contributed by atoms with Gasteiger partial charge in [0.25, 0.3) is 0 Å². The Morgan fingerprint density at radius 1 is 0.944 bits per heavy atom. The van der Waals surface area contributed by atoms with Crippen LogP contribution >= 0.6 is 0 Å². The zero-order valence-electron chi connectivity index (χ0n) is 11.5. The van der Waals surface area contributed by atoms with Crippen LogP contribution in [0.15, 0.2) is 24.3 Å². The van der Waals surface area contributed by atoms with Crippen molar-refractivity contribution >= 4 is 0 Å². The summed E-state index contributed by atoms with van der Waals surface area (Å²) in [6, 6.07) is 9.32. The number of hydrogen-bond donors (Lipinski definition) is 0. The molecular weight excluding hydrogens is 216 g/mol. The maximum atomic E-state index is 2.45. The van der Waals surface area contributed by atoms with Crippen LogP contribution in [-0.2, 0) is 11.8 Å². The lowest BCUT2D eigenvalue weighted by Gasteiger charge is -2.57. The third-order valence-corrected chi connectivity index (χ3v) is 6.01. The zero-order chi connectivity index (χ0) is 12.2. The Balaban J connectivity index is 1.79. The minimum Gasteiger partial charge on any atom is -0.0620 e. The van der Waals surface area contributed by atoms with E-state index in [-0.39, 0.29) is 0 Å². The van der Waals surface area contributed by atoms with E-state index in [1.807, 2.05) is 0 Å². The molecule has 4 bridgehead atoms. The monoisotopic (exact) mass is 240 g/mol. The van der Waals surface area contributed by atoms with Gasteiger partial charge in [-0.1, -0.05) is 31.2 Å². The summed E-state index contributed by atoms with van der Waals surface area (Å²) < 4.78 is 0. The molecule has 0 unspecified atom stereocenters. The molecule has 0 saturated heterocycles. The van der Waals surface area contributed by atoms with Crippen molar-refractivity contribution < 1.29 is 0 Å². The molecule has 4 aliphatic rings. The van der Waals surface area contributed by atoms with Crippen molar-refractivity contribution in [2.24, 2.45) is 17.8 Å². The molecular formula is C18H24. The third-order valence-electron chi connectivity index (χ3n) is 6.01. The van der Waals surface area contributed by atoms with Crippen molar-refractivity contribution in [3.05, 3.63) is 35.4 Å². The first-order chi connectivity index (χ1) is 8.79. The summed E-state index contributed by atoms with van der Waals surface area (Å²) in [6.07, 6.45) is 10.3. The van der Waals surface area contributed by atoms with Gasteiger partial charge in [-0.3, -0.25) is 0 Å². The van der Waals surface area contributed by atoms with Gasteiger partial charge in [0.15, 0.2) is 0 Å². The Kier molecular flexibility index (Phi) is 2.37. The second kappa shape index (κ2) is 3.85. The maximum Gasteiger partial charge on any atom is -0.00363 e. The molecule has 0 heterocycles. The van der Waals surface area contributed by atoms with Crippen molar-refractivity contribution in [1.82, 2.24) is 0 Å². The predicted molar refractivity (Wildman–Crippen MR) is 75.7 cm³/mol. The van der Waals surface area contributed by atoms with Crippen LogP contribution in [0.2, 0.25) is 0 Å². The van der Waals surface area contributed by atoms with E-state index >= 15 is 0 Å². The highest BCUT2D eigenvalue weighted by molar-refractivity contribution is 5.36. The van der Waals surface area contributed by atoms with Gasteiger partial charge in [-0.2, -0.15) is 0 Å². The Morgan fingerprint density at radius 3 is 2.06 bits per heavy atom.